The van der Waals surface area contributed by atoms with Gasteiger partial charge in [-0.2, -0.15) is 5.10 Å². The first-order valence-corrected chi connectivity index (χ1v) is 9.73. The molecule has 0 saturated carbocycles. The van der Waals surface area contributed by atoms with E-state index in [2.05, 4.69) is 16.9 Å². The van der Waals surface area contributed by atoms with Crippen LogP contribution in [-0.2, 0) is 11.8 Å². The van der Waals surface area contributed by atoms with Crippen LogP contribution in [-0.4, -0.2) is 70.4 Å². The first-order chi connectivity index (χ1) is 12.1. The Labute approximate surface area is 152 Å². The van der Waals surface area contributed by atoms with Gasteiger partial charge in [-0.25, -0.2) is 0 Å². The lowest BCUT2D eigenvalue weighted by Crippen LogP contribution is -2.49. The van der Waals surface area contributed by atoms with Gasteiger partial charge in [0.25, 0.3) is 5.91 Å². The average molecular weight is 360 g/mol. The second-order valence-corrected chi connectivity index (χ2v) is 7.73. The molecule has 2 saturated heterocycles. The second-order valence-electron chi connectivity index (χ2n) is 6.79. The van der Waals surface area contributed by atoms with Crippen molar-refractivity contribution in [1.82, 2.24) is 19.6 Å². The van der Waals surface area contributed by atoms with Gasteiger partial charge in [0.15, 0.2) is 0 Å². The molecular weight excluding hydrogens is 336 g/mol. The minimum atomic E-state index is 0.0970. The van der Waals surface area contributed by atoms with Crippen molar-refractivity contribution < 1.29 is 9.53 Å². The topological polar surface area (TPSA) is 50.6 Å². The highest BCUT2D eigenvalue weighted by Gasteiger charge is 2.39. The maximum absolute atomic E-state index is 13.2. The molecule has 0 spiro atoms. The zero-order valence-electron chi connectivity index (χ0n) is 14.7. The average Bonchev–Trinajstić information content (AvgIpc) is 3.34. The van der Waals surface area contributed by atoms with Crippen LogP contribution in [0.1, 0.15) is 23.7 Å². The highest BCUT2D eigenvalue weighted by molar-refractivity contribution is 7.13. The Morgan fingerprint density at radius 2 is 2.12 bits per heavy atom. The minimum Gasteiger partial charge on any atom is -0.379 e. The molecule has 1 amide bonds. The van der Waals surface area contributed by atoms with E-state index in [1.165, 1.54) is 0 Å². The summed E-state index contributed by atoms with van der Waals surface area (Å²) in [6.45, 7) is 6.49. The quantitative estimate of drug-likeness (QED) is 0.841. The van der Waals surface area contributed by atoms with Crippen molar-refractivity contribution in [2.24, 2.45) is 7.05 Å². The summed E-state index contributed by atoms with van der Waals surface area (Å²) in [5.74, 6) is 0.0970. The maximum atomic E-state index is 13.2. The van der Waals surface area contributed by atoms with E-state index >= 15 is 0 Å². The van der Waals surface area contributed by atoms with Gasteiger partial charge < -0.3 is 9.64 Å². The molecule has 0 radical (unpaired) electrons. The van der Waals surface area contributed by atoms with E-state index in [4.69, 9.17) is 4.74 Å². The number of hydrogen-bond acceptors (Lipinski definition) is 5. The second kappa shape index (κ2) is 6.90. The first-order valence-electron chi connectivity index (χ1n) is 8.85. The summed E-state index contributed by atoms with van der Waals surface area (Å²) in [5, 5.41) is 6.55. The number of aryl methyl sites for hydroxylation is 1. The zero-order chi connectivity index (χ0) is 17.4. The van der Waals surface area contributed by atoms with Crippen LogP contribution in [0.5, 0.6) is 0 Å². The van der Waals surface area contributed by atoms with Gasteiger partial charge in [-0.3, -0.25) is 14.4 Å². The summed E-state index contributed by atoms with van der Waals surface area (Å²) in [6, 6.07) is 4.65. The van der Waals surface area contributed by atoms with Crippen LogP contribution in [0.25, 0.3) is 10.6 Å². The van der Waals surface area contributed by atoms with Gasteiger partial charge in [0.2, 0.25) is 0 Å². The molecule has 0 aliphatic carbocycles. The number of aromatic nitrogens is 2. The molecule has 2 aromatic rings. The summed E-state index contributed by atoms with van der Waals surface area (Å²) in [5.41, 5.74) is 1.50. The molecule has 134 valence electrons. The molecule has 2 fully saturated rings. The van der Waals surface area contributed by atoms with Crippen molar-refractivity contribution in [1.29, 1.82) is 0 Å². The Hall–Kier alpha value is -1.70. The Bertz CT molecular complexity index is 736. The Morgan fingerprint density at radius 3 is 2.84 bits per heavy atom. The molecule has 2 atom stereocenters. The third kappa shape index (κ3) is 3.12. The first kappa shape index (κ1) is 16.8. The number of thiophene rings is 1. The lowest BCUT2D eigenvalue weighted by Gasteiger charge is -2.35. The van der Waals surface area contributed by atoms with Crippen molar-refractivity contribution in [2.75, 3.05) is 32.8 Å². The number of carbonyl (C=O) groups is 1. The number of ether oxygens (including phenoxy) is 1. The predicted octanol–water partition coefficient (Wildman–Crippen LogP) is 2.08. The Kier molecular flexibility index (Phi) is 4.62. The molecule has 0 unspecified atom stereocenters. The highest BCUT2D eigenvalue weighted by Crippen LogP contribution is 2.30. The number of amides is 1. The van der Waals surface area contributed by atoms with Gasteiger partial charge in [0.1, 0.15) is 5.69 Å². The lowest BCUT2D eigenvalue weighted by atomic mass is 10.1. The monoisotopic (exact) mass is 360 g/mol. The normalized spacial score (nSPS) is 24.8. The fourth-order valence-corrected chi connectivity index (χ4v) is 4.73. The fourth-order valence-electron chi connectivity index (χ4n) is 4.00. The van der Waals surface area contributed by atoms with E-state index in [1.807, 2.05) is 35.7 Å². The lowest BCUT2D eigenvalue weighted by molar-refractivity contribution is 0.0104. The molecular formula is C18H24N4O2S. The van der Waals surface area contributed by atoms with Crippen molar-refractivity contribution in [3.05, 3.63) is 29.3 Å². The van der Waals surface area contributed by atoms with Gasteiger partial charge in [-0.15, -0.1) is 11.3 Å². The predicted molar refractivity (Wildman–Crippen MR) is 97.8 cm³/mol. The molecule has 7 heteroatoms. The van der Waals surface area contributed by atoms with E-state index in [-0.39, 0.29) is 11.9 Å². The number of rotatable bonds is 3. The summed E-state index contributed by atoms with van der Waals surface area (Å²) in [4.78, 5) is 18.8. The number of likely N-dealkylation sites (tertiary alicyclic amines) is 1. The van der Waals surface area contributed by atoms with E-state index in [0.717, 1.165) is 49.8 Å². The number of carbonyl (C=O) groups excluding carboxylic acids is 1. The van der Waals surface area contributed by atoms with Gasteiger partial charge >= 0.3 is 0 Å². The molecule has 2 aliphatic heterocycles. The van der Waals surface area contributed by atoms with Crippen LogP contribution < -0.4 is 0 Å². The summed E-state index contributed by atoms with van der Waals surface area (Å²) in [6.07, 6.45) is 2.88. The smallest absolute Gasteiger partial charge is 0.258 e. The number of hydrogen-bond donors (Lipinski definition) is 0. The summed E-state index contributed by atoms with van der Waals surface area (Å²) >= 11 is 1.62. The summed E-state index contributed by atoms with van der Waals surface area (Å²) < 4.78 is 7.20. The van der Waals surface area contributed by atoms with Crippen LogP contribution >= 0.6 is 11.3 Å². The minimum absolute atomic E-state index is 0.0970. The van der Waals surface area contributed by atoms with E-state index in [0.29, 0.717) is 11.6 Å². The van der Waals surface area contributed by atoms with Gasteiger partial charge in [-0.05, 0) is 24.8 Å². The molecule has 2 aromatic heterocycles. The summed E-state index contributed by atoms with van der Waals surface area (Å²) in [7, 11) is 1.87. The SMILES string of the molecule is C[C@@H]1[C@H](N2CCOCC2)CCN1C(=O)c1cn(C)nc1-c1cccs1. The number of nitrogens with zero attached hydrogens (tertiary/aromatic N) is 4. The van der Waals surface area contributed by atoms with Crippen molar-refractivity contribution in [3.63, 3.8) is 0 Å². The molecule has 0 N–H and O–H groups in total. The van der Waals surface area contributed by atoms with Gasteiger partial charge in [0.05, 0.1) is 23.7 Å². The van der Waals surface area contributed by atoms with Crippen molar-refractivity contribution in [2.45, 2.75) is 25.4 Å². The molecule has 4 heterocycles. The molecule has 2 aliphatic rings. The third-order valence-electron chi connectivity index (χ3n) is 5.30. The Morgan fingerprint density at radius 1 is 1.32 bits per heavy atom. The molecule has 0 bridgehead atoms. The van der Waals surface area contributed by atoms with Crippen LogP contribution in [0.3, 0.4) is 0 Å². The van der Waals surface area contributed by atoms with Gasteiger partial charge in [0, 0.05) is 45.0 Å². The van der Waals surface area contributed by atoms with E-state index in [9.17, 15) is 4.79 Å². The van der Waals surface area contributed by atoms with E-state index < -0.39 is 0 Å². The third-order valence-corrected chi connectivity index (χ3v) is 6.18. The molecule has 6 nitrogen and oxygen atoms in total. The Balaban J connectivity index is 1.56. The fraction of sp³-hybridized carbons (Fsp3) is 0.556. The standard InChI is InChI=1S/C18H24N4O2S/c1-13-15(21-7-9-24-10-8-21)5-6-22(13)18(23)14-12-20(2)19-17(14)16-4-3-11-25-16/h3-4,11-13,15H,5-10H2,1-2H3/t13-,15-/m1/s1. The largest absolute Gasteiger partial charge is 0.379 e. The zero-order valence-corrected chi connectivity index (χ0v) is 15.5. The van der Waals surface area contributed by atoms with Crippen molar-refractivity contribution in [3.8, 4) is 10.6 Å². The molecule has 25 heavy (non-hydrogen) atoms. The van der Waals surface area contributed by atoms with Crippen LogP contribution in [0.15, 0.2) is 23.7 Å². The maximum Gasteiger partial charge on any atom is 0.258 e. The highest BCUT2D eigenvalue weighted by atomic mass is 32.1. The van der Waals surface area contributed by atoms with Crippen LogP contribution in [0.2, 0.25) is 0 Å². The molecule has 0 aromatic carbocycles. The van der Waals surface area contributed by atoms with E-state index in [1.54, 1.807) is 16.0 Å². The van der Waals surface area contributed by atoms with Gasteiger partial charge in [-0.1, -0.05) is 6.07 Å². The van der Waals surface area contributed by atoms with Crippen LogP contribution in [0.4, 0.5) is 0 Å². The molecule has 4 rings (SSSR count). The van der Waals surface area contributed by atoms with Crippen LogP contribution in [0, 0.1) is 0 Å². The number of morpholine rings is 1. The van der Waals surface area contributed by atoms with Crippen molar-refractivity contribution >= 4 is 17.2 Å².